The van der Waals surface area contributed by atoms with Gasteiger partial charge in [0.1, 0.15) is 25.4 Å². The fourth-order valence-electron chi connectivity index (χ4n) is 9.32. The summed E-state index contributed by atoms with van der Waals surface area (Å²) in [5.74, 6) is -1.62. The Morgan fingerprint density at radius 3 is 0.895 bits per heavy atom. The molecule has 0 amide bonds. The number of carbonyl (C=O) groups is 3. The van der Waals surface area contributed by atoms with Gasteiger partial charge in [0.05, 0.1) is 26.4 Å². The predicted octanol–water partition coefficient (Wildman–Crippen LogP) is 20.8. The largest absolute Gasteiger partial charge is 0.472 e. The zero-order valence-electron chi connectivity index (χ0n) is 59.0. The van der Waals surface area contributed by atoms with Gasteiger partial charge in [0.15, 0.2) is 6.10 Å². The normalized spacial score (nSPS) is 14.9. The van der Waals surface area contributed by atoms with Crippen LogP contribution in [-0.4, -0.2) is 95.9 Å². The standard InChI is InChI=1S/C77H130O16P2/c1-4-7-10-13-16-19-22-25-27-29-31-33-34-35-36-38-40-41-43-46-48-51-54-57-60-63-75(80)87-66-72(78)67-89-94(83,84)90-68-73(79)69-91-95(85,86)92-71-74(93-77(82)65-62-59-56-53-50-45-24-21-18-15-12-9-6-3)70-88-76(81)64-61-58-55-52-49-47-44-42-39-37-32-30-28-26-23-20-17-14-11-8-5-2/h7-8,10-11,16-17,19-21,24-28,31-33,35-37,42,44,72-74,78-79H,4-6,9,12-15,18,22-23,29-30,34,38-41,43,45-71H2,1-3H3,(H,83,84)(H,85,86)/b10-7-,11-8-,19-16-,20-17-,24-21-,27-25-,28-26-,33-31-,36-35-,37-32-,44-42-. The molecular formula is C77H130O16P2. The Morgan fingerprint density at radius 2 is 0.558 bits per heavy atom. The molecule has 5 atom stereocenters. The Labute approximate surface area is 575 Å². The molecule has 4 N–H and O–H groups in total. The van der Waals surface area contributed by atoms with Gasteiger partial charge >= 0.3 is 33.6 Å². The van der Waals surface area contributed by atoms with Gasteiger partial charge in [-0.15, -0.1) is 0 Å². The van der Waals surface area contributed by atoms with Crippen LogP contribution < -0.4 is 0 Å². The van der Waals surface area contributed by atoms with E-state index in [1.165, 1.54) is 51.4 Å². The van der Waals surface area contributed by atoms with Crippen molar-refractivity contribution in [2.45, 2.75) is 296 Å². The van der Waals surface area contributed by atoms with E-state index in [4.69, 9.17) is 32.3 Å². The fourth-order valence-corrected chi connectivity index (χ4v) is 10.9. The van der Waals surface area contributed by atoms with Crippen molar-refractivity contribution in [2.24, 2.45) is 0 Å². The van der Waals surface area contributed by atoms with Crippen LogP contribution in [0.3, 0.4) is 0 Å². The molecule has 0 fully saturated rings. The molecule has 0 aliphatic rings. The minimum Gasteiger partial charge on any atom is -0.463 e. The number of aliphatic hydroxyl groups excluding tert-OH is 2. The second kappa shape index (κ2) is 69.6. The molecule has 95 heavy (non-hydrogen) atoms. The highest BCUT2D eigenvalue weighted by atomic mass is 31.2. The Balaban J connectivity index is 4.60. The first-order chi connectivity index (χ1) is 46.2. The van der Waals surface area contributed by atoms with Crippen molar-refractivity contribution in [3.05, 3.63) is 134 Å². The second-order valence-electron chi connectivity index (χ2n) is 24.0. The van der Waals surface area contributed by atoms with E-state index < -0.39 is 91.5 Å². The molecule has 0 spiro atoms. The van der Waals surface area contributed by atoms with Crippen molar-refractivity contribution in [3.8, 4) is 0 Å². The molecule has 0 aromatic rings. The van der Waals surface area contributed by atoms with Crippen LogP contribution in [0.2, 0.25) is 0 Å². The Morgan fingerprint density at radius 1 is 0.305 bits per heavy atom. The van der Waals surface area contributed by atoms with E-state index in [1.807, 2.05) is 0 Å². The molecule has 0 saturated heterocycles. The van der Waals surface area contributed by atoms with Gasteiger partial charge in [0, 0.05) is 19.3 Å². The quantitative estimate of drug-likeness (QED) is 0.0146. The minimum absolute atomic E-state index is 0.0868. The summed E-state index contributed by atoms with van der Waals surface area (Å²) in [6, 6.07) is 0. The SMILES string of the molecule is CC/C=C\C/C=C\C/C=C\C/C=C\C/C=C\CCCCCCCCCCCC(=O)OCC(O)COP(=O)(O)OCC(O)COP(=O)(O)OCC(COC(=O)CCCCCCC/C=C\C/C=C\C/C=C\C/C=C\C/C=C\CC)OC(=O)CCCCCCC/C=C\CCCCCC. The number of ether oxygens (including phenoxy) is 3. The van der Waals surface area contributed by atoms with Crippen molar-refractivity contribution in [1.29, 1.82) is 0 Å². The molecule has 0 aliphatic heterocycles. The van der Waals surface area contributed by atoms with Crippen molar-refractivity contribution in [3.63, 3.8) is 0 Å². The van der Waals surface area contributed by atoms with Crippen LogP contribution in [0.5, 0.6) is 0 Å². The average molecular weight is 1370 g/mol. The molecule has 5 unspecified atom stereocenters. The number of rotatable bonds is 68. The lowest BCUT2D eigenvalue weighted by Crippen LogP contribution is -2.30. The topological polar surface area (TPSA) is 231 Å². The monoisotopic (exact) mass is 1370 g/mol. The van der Waals surface area contributed by atoms with Crippen LogP contribution in [0.15, 0.2) is 134 Å². The molecular weight excluding hydrogens is 1240 g/mol. The summed E-state index contributed by atoms with van der Waals surface area (Å²) in [4.78, 5) is 58.5. The van der Waals surface area contributed by atoms with Crippen LogP contribution in [0.25, 0.3) is 0 Å². The minimum atomic E-state index is -4.94. The third-order valence-electron chi connectivity index (χ3n) is 14.8. The number of allylic oxidation sites excluding steroid dienone is 22. The van der Waals surface area contributed by atoms with E-state index in [1.54, 1.807) is 0 Å². The van der Waals surface area contributed by atoms with Crippen molar-refractivity contribution >= 4 is 33.6 Å². The Kier molecular flexibility index (Phi) is 66.4. The van der Waals surface area contributed by atoms with Crippen molar-refractivity contribution in [2.75, 3.05) is 39.6 Å². The Hall–Kier alpha value is -4.31. The van der Waals surface area contributed by atoms with Crippen LogP contribution in [0.1, 0.15) is 278 Å². The molecule has 0 aliphatic carbocycles. The summed E-state index contributed by atoms with van der Waals surface area (Å²) in [6.45, 7) is 2.38. The van der Waals surface area contributed by atoms with E-state index in [0.29, 0.717) is 19.3 Å². The maximum atomic E-state index is 12.9. The highest BCUT2D eigenvalue weighted by Gasteiger charge is 2.29. The summed E-state index contributed by atoms with van der Waals surface area (Å²) in [6.07, 6.45) is 82.1. The van der Waals surface area contributed by atoms with Crippen LogP contribution in [-0.2, 0) is 55.8 Å². The van der Waals surface area contributed by atoms with Crippen molar-refractivity contribution in [1.82, 2.24) is 0 Å². The highest BCUT2D eigenvalue weighted by molar-refractivity contribution is 7.47. The van der Waals surface area contributed by atoms with Crippen LogP contribution >= 0.6 is 15.6 Å². The molecule has 0 bridgehead atoms. The first-order valence-electron chi connectivity index (χ1n) is 36.5. The lowest BCUT2D eigenvalue weighted by atomic mass is 10.1. The van der Waals surface area contributed by atoms with Crippen molar-refractivity contribution < 1.29 is 75.8 Å². The number of phosphoric ester groups is 2. The highest BCUT2D eigenvalue weighted by Crippen LogP contribution is 2.45. The van der Waals surface area contributed by atoms with E-state index in [-0.39, 0.29) is 19.3 Å². The van der Waals surface area contributed by atoms with Gasteiger partial charge in [-0.3, -0.25) is 32.5 Å². The molecule has 0 aromatic heterocycles. The van der Waals surface area contributed by atoms with Crippen LogP contribution in [0, 0.1) is 0 Å². The maximum Gasteiger partial charge on any atom is 0.472 e. The molecule has 16 nitrogen and oxygen atoms in total. The van der Waals surface area contributed by atoms with Gasteiger partial charge < -0.3 is 34.2 Å². The fraction of sp³-hybridized carbons (Fsp3) is 0.675. The zero-order valence-corrected chi connectivity index (χ0v) is 60.8. The average Bonchev–Trinajstić information content (AvgIpc) is 1.81. The third kappa shape index (κ3) is 70.8. The number of aliphatic hydroxyl groups is 2. The second-order valence-corrected chi connectivity index (χ2v) is 26.9. The number of phosphoric acid groups is 2. The molecule has 0 radical (unpaired) electrons. The van der Waals surface area contributed by atoms with E-state index in [0.717, 1.165) is 167 Å². The number of esters is 3. The Bertz CT molecular complexity index is 2260. The third-order valence-corrected chi connectivity index (χ3v) is 16.7. The number of hydrogen-bond donors (Lipinski definition) is 4. The maximum absolute atomic E-state index is 12.9. The molecule has 0 rings (SSSR count). The van der Waals surface area contributed by atoms with E-state index >= 15 is 0 Å². The predicted molar refractivity (Wildman–Crippen MR) is 390 cm³/mol. The van der Waals surface area contributed by atoms with Gasteiger partial charge in [-0.2, -0.15) is 0 Å². The molecule has 544 valence electrons. The zero-order chi connectivity index (χ0) is 69.5. The number of carbonyl (C=O) groups excluding carboxylic acids is 3. The first-order valence-corrected chi connectivity index (χ1v) is 39.5. The molecule has 0 aromatic carbocycles. The lowest BCUT2D eigenvalue weighted by Gasteiger charge is -2.21. The summed E-state index contributed by atoms with van der Waals surface area (Å²) in [5, 5.41) is 20.6. The molecule has 18 heteroatoms. The van der Waals surface area contributed by atoms with Gasteiger partial charge in [0.25, 0.3) is 0 Å². The summed E-state index contributed by atoms with van der Waals surface area (Å²) < 4.78 is 61.0. The number of unbranched alkanes of at least 4 members (excludes halogenated alkanes) is 23. The van der Waals surface area contributed by atoms with E-state index in [2.05, 4.69) is 154 Å². The molecule has 0 heterocycles. The van der Waals surface area contributed by atoms with Gasteiger partial charge in [-0.1, -0.05) is 257 Å². The van der Waals surface area contributed by atoms with Gasteiger partial charge in [-0.25, -0.2) is 9.13 Å². The summed E-state index contributed by atoms with van der Waals surface area (Å²) in [5.41, 5.74) is 0. The summed E-state index contributed by atoms with van der Waals surface area (Å²) >= 11 is 0. The van der Waals surface area contributed by atoms with Gasteiger partial charge in [-0.05, 0) is 135 Å². The lowest BCUT2D eigenvalue weighted by molar-refractivity contribution is -0.161. The first kappa shape index (κ1) is 90.7. The van der Waals surface area contributed by atoms with Gasteiger partial charge in [0.2, 0.25) is 0 Å². The molecule has 0 saturated carbocycles. The van der Waals surface area contributed by atoms with Crippen LogP contribution in [0.4, 0.5) is 0 Å². The summed E-state index contributed by atoms with van der Waals surface area (Å²) in [7, 11) is -9.79. The number of hydrogen-bond acceptors (Lipinski definition) is 14. The van der Waals surface area contributed by atoms with E-state index in [9.17, 15) is 43.5 Å². The smallest absolute Gasteiger partial charge is 0.463 e.